The first kappa shape index (κ1) is 18.8. The summed E-state index contributed by atoms with van der Waals surface area (Å²) in [6, 6.07) is 6.19. The molecule has 2 rings (SSSR count). The second-order valence-corrected chi connectivity index (χ2v) is 7.23. The lowest BCUT2D eigenvalue weighted by Crippen LogP contribution is -2.31. The summed E-state index contributed by atoms with van der Waals surface area (Å²) in [6.45, 7) is -0.0373. The SMILES string of the molecule is CS(=O)(=O)N(CCCC(=O)Nc1cccnc1)c1ccc(F)c(F)c1. The molecule has 0 aliphatic carbocycles. The standard InChI is InChI=1S/C16H17F2N3O3S/c1-25(23,24)21(13-6-7-14(17)15(18)10-13)9-3-5-16(22)20-12-4-2-8-19-11-12/h2,4,6-8,10-11H,3,5,9H2,1H3,(H,20,22). The summed E-state index contributed by atoms with van der Waals surface area (Å²) in [4.78, 5) is 15.7. The number of amides is 1. The highest BCUT2D eigenvalue weighted by atomic mass is 32.2. The van der Waals surface area contributed by atoms with Gasteiger partial charge in [-0.15, -0.1) is 0 Å². The Morgan fingerprint density at radius 3 is 2.60 bits per heavy atom. The van der Waals surface area contributed by atoms with Crippen LogP contribution in [-0.4, -0.2) is 32.1 Å². The van der Waals surface area contributed by atoms with E-state index in [1.165, 1.54) is 12.3 Å². The van der Waals surface area contributed by atoms with Gasteiger partial charge in [-0.2, -0.15) is 0 Å². The Hall–Kier alpha value is -2.55. The summed E-state index contributed by atoms with van der Waals surface area (Å²) in [5.41, 5.74) is 0.544. The van der Waals surface area contributed by atoms with Gasteiger partial charge in [0.2, 0.25) is 15.9 Å². The van der Waals surface area contributed by atoms with Gasteiger partial charge in [0.05, 0.1) is 23.8 Å². The number of carbonyl (C=O) groups excluding carboxylic acids is 1. The van der Waals surface area contributed by atoms with Crippen molar-refractivity contribution in [2.24, 2.45) is 0 Å². The summed E-state index contributed by atoms with van der Waals surface area (Å²) in [5.74, 6) is -2.50. The molecule has 0 radical (unpaired) electrons. The zero-order chi connectivity index (χ0) is 18.4. The van der Waals surface area contributed by atoms with E-state index in [-0.39, 0.29) is 31.0 Å². The minimum atomic E-state index is -3.70. The van der Waals surface area contributed by atoms with E-state index in [1.54, 1.807) is 18.3 Å². The predicted molar refractivity (Wildman–Crippen MR) is 90.6 cm³/mol. The highest BCUT2D eigenvalue weighted by molar-refractivity contribution is 7.92. The number of nitrogens with one attached hydrogen (secondary N) is 1. The maximum Gasteiger partial charge on any atom is 0.232 e. The molecule has 134 valence electrons. The second-order valence-electron chi connectivity index (χ2n) is 5.33. The molecule has 0 aliphatic rings. The van der Waals surface area contributed by atoms with Crippen LogP contribution in [0.4, 0.5) is 20.2 Å². The van der Waals surface area contributed by atoms with Crippen LogP contribution in [0.3, 0.4) is 0 Å². The van der Waals surface area contributed by atoms with Gasteiger partial charge in [0.25, 0.3) is 0 Å². The molecule has 0 fully saturated rings. The molecule has 1 aromatic carbocycles. The van der Waals surface area contributed by atoms with Crippen LogP contribution < -0.4 is 9.62 Å². The Morgan fingerprint density at radius 2 is 2.00 bits per heavy atom. The summed E-state index contributed by atoms with van der Waals surface area (Å²) < 4.78 is 51.1. The molecule has 0 aliphatic heterocycles. The van der Waals surface area contributed by atoms with E-state index in [0.717, 1.165) is 22.7 Å². The molecule has 2 aromatic rings. The smallest absolute Gasteiger partial charge is 0.232 e. The first-order chi connectivity index (χ1) is 11.8. The van der Waals surface area contributed by atoms with Crippen LogP contribution in [0.1, 0.15) is 12.8 Å². The summed E-state index contributed by atoms with van der Waals surface area (Å²) in [7, 11) is -3.70. The van der Waals surface area contributed by atoms with E-state index in [1.807, 2.05) is 0 Å². The average Bonchev–Trinajstić information content (AvgIpc) is 2.54. The number of rotatable bonds is 7. The van der Waals surface area contributed by atoms with Gasteiger partial charge in [-0.05, 0) is 30.7 Å². The molecular formula is C16H17F2N3O3S. The molecule has 9 heteroatoms. The maximum absolute atomic E-state index is 13.4. The Morgan fingerprint density at radius 1 is 1.24 bits per heavy atom. The molecule has 0 saturated heterocycles. The molecule has 0 unspecified atom stereocenters. The Bertz CT molecular complexity index is 845. The van der Waals surface area contributed by atoms with Gasteiger partial charge in [0.15, 0.2) is 11.6 Å². The average molecular weight is 369 g/mol. The van der Waals surface area contributed by atoms with E-state index < -0.39 is 21.7 Å². The summed E-state index contributed by atoms with van der Waals surface area (Å²) >= 11 is 0. The fourth-order valence-electron chi connectivity index (χ4n) is 2.17. The fourth-order valence-corrected chi connectivity index (χ4v) is 3.13. The first-order valence-electron chi connectivity index (χ1n) is 7.40. The van der Waals surface area contributed by atoms with Crippen molar-refractivity contribution in [1.29, 1.82) is 0 Å². The van der Waals surface area contributed by atoms with E-state index in [0.29, 0.717) is 5.69 Å². The quantitative estimate of drug-likeness (QED) is 0.813. The molecule has 0 atom stereocenters. The van der Waals surface area contributed by atoms with Gasteiger partial charge in [-0.25, -0.2) is 17.2 Å². The first-order valence-corrected chi connectivity index (χ1v) is 9.25. The maximum atomic E-state index is 13.4. The number of pyridine rings is 1. The zero-order valence-electron chi connectivity index (χ0n) is 13.4. The molecule has 1 aromatic heterocycles. The van der Waals surface area contributed by atoms with Crippen LogP contribution in [0.15, 0.2) is 42.7 Å². The molecule has 1 heterocycles. The Kier molecular flexibility index (Phi) is 6.02. The fraction of sp³-hybridized carbons (Fsp3) is 0.250. The lowest BCUT2D eigenvalue weighted by atomic mass is 10.2. The van der Waals surface area contributed by atoms with Crippen LogP contribution in [0.25, 0.3) is 0 Å². The predicted octanol–water partition coefficient (Wildman–Crippen LogP) is 2.54. The van der Waals surface area contributed by atoms with Crippen LogP contribution >= 0.6 is 0 Å². The van der Waals surface area contributed by atoms with Crippen LogP contribution in [0.5, 0.6) is 0 Å². The number of hydrogen-bond donors (Lipinski definition) is 1. The number of halogens is 2. The second kappa shape index (κ2) is 8.02. The largest absolute Gasteiger partial charge is 0.325 e. The van der Waals surface area contributed by atoms with Gasteiger partial charge >= 0.3 is 0 Å². The third-order valence-electron chi connectivity index (χ3n) is 3.30. The van der Waals surface area contributed by atoms with E-state index in [2.05, 4.69) is 10.3 Å². The van der Waals surface area contributed by atoms with Gasteiger partial charge in [-0.3, -0.25) is 14.1 Å². The van der Waals surface area contributed by atoms with Gasteiger partial charge < -0.3 is 5.32 Å². The van der Waals surface area contributed by atoms with Crippen molar-refractivity contribution in [3.63, 3.8) is 0 Å². The number of nitrogens with zero attached hydrogens (tertiary/aromatic N) is 2. The number of hydrogen-bond acceptors (Lipinski definition) is 4. The molecular weight excluding hydrogens is 352 g/mol. The van der Waals surface area contributed by atoms with Crippen LogP contribution in [0.2, 0.25) is 0 Å². The van der Waals surface area contributed by atoms with Crippen molar-refractivity contribution >= 4 is 27.3 Å². The minimum Gasteiger partial charge on any atom is -0.325 e. The minimum absolute atomic E-state index is 0.00840. The number of carbonyl (C=O) groups is 1. The lowest BCUT2D eigenvalue weighted by Gasteiger charge is -2.22. The van der Waals surface area contributed by atoms with E-state index in [4.69, 9.17) is 0 Å². The molecule has 6 nitrogen and oxygen atoms in total. The zero-order valence-corrected chi connectivity index (χ0v) is 14.3. The number of benzene rings is 1. The molecule has 0 saturated carbocycles. The third kappa shape index (κ3) is 5.49. The van der Waals surface area contributed by atoms with Crippen molar-refractivity contribution in [2.75, 3.05) is 22.4 Å². The van der Waals surface area contributed by atoms with Crippen LogP contribution in [0, 0.1) is 11.6 Å². The molecule has 1 N–H and O–H groups in total. The molecule has 25 heavy (non-hydrogen) atoms. The van der Waals surface area contributed by atoms with Crippen molar-refractivity contribution < 1.29 is 22.0 Å². The normalized spacial score (nSPS) is 11.2. The summed E-state index contributed by atoms with van der Waals surface area (Å²) in [5, 5.41) is 2.63. The Labute approximate surface area is 144 Å². The monoisotopic (exact) mass is 369 g/mol. The Balaban J connectivity index is 1.99. The highest BCUT2D eigenvalue weighted by Gasteiger charge is 2.19. The lowest BCUT2D eigenvalue weighted by molar-refractivity contribution is -0.116. The molecule has 0 bridgehead atoms. The van der Waals surface area contributed by atoms with Crippen molar-refractivity contribution in [3.8, 4) is 0 Å². The van der Waals surface area contributed by atoms with Crippen molar-refractivity contribution in [2.45, 2.75) is 12.8 Å². The van der Waals surface area contributed by atoms with E-state index in [9.17, 15) is 22.0 Å². The van der Waals surface area contributed by atoms with Crippen molar-refractivity contribution in [3.05, 3.63) is 54.4 Å². The van der Waals surface area contributed by atoms with Crippen LogP contribution in [-0.2, 0) is 14.8 Å². The topological polar surface area (TPSA) is 79.4 Å². The highest BCUT2D eigenvalue weighted by Crippen LogP contribution is 2.21. The van der Waals surface area contributed by atoms with Gasteiger partial charge in [-0.1, -0.05) is 0 Å². The van der Waals surface area contributed by atoms with Gasteiger partial charge in [0, 0.05) is 25.2 Å². The van der Waals surface area contributed by atoms with Crippen molar-refractivity contribution in [1.82, 2.24) is 4.98 Å². The number of aromatic nitrogens is 1. The van der Waals surface area contributed by atoms with Gasteiger partial charge in [0.1, 0.15) is 0 Å². The number of sulfonamides is 1. The third-order valence-corrected chi connectivity index (χ3v) is 4.50. The molecule has 0 spiro atoms. The number of anilines is 2. The van der Waals surface area contributed by atoms with E-state index >= 15 is 0 Å². The molecule has 1 amide bonds. The summed E-state index contributed by atoms with van der Waals surface area (Å²) in [6.07, 6.45) is 4.29.